The number of furan rings is 1. The average Bonchev–Trinajstić information content (AvgIpc) is 2.91. The van der Waals surface area contributed by atoms with Crippen molar-refractivity contribution in [2.75, 3.05) is 0 Å². The Morgan fingerprint density at radius 1 is 1.40 bits per heavy atom. The number of aromatic nitrogens is 2. The molecule has 0 aromatic carbocycles. The van der Waals surface area contributed by atoms with Crippen molar-refractivity contribution in [3.63, 3.8) is 0 Å². The summed E-state index contributed by atoms with van der Waals surface area (Å²) < 4.78 is 5.40. The first-order chi connectivity index (χ1) is 9.65. The van der Waals surface area contributed by atoms with E-state index >= 15 is 0 Å². The van der Waals surface area contributed by atoms with Gasteiger partial charge in [0.15, 0.2) is 10.3 Å². The number of fused-ring (bicyclic) bond motifs is 1. The molecule has 1 atom stereocenters. The van der Waals surface area contributed by atoms with E-state index in [9.17, 15) is 4.79 Å². The Bertz CT molecular complexity index is 657. The number of nitrogens with zero attached hydrogens (tertiary/aromatic N) is 2. The average molecular weight is 312 g/mol. The number of carbonyl (C=O) groups excluding carboxylic acids is 1. The quantitative estimate of drug-likeness (QED) is 0.925. The van der Waals surface area contributed by atoms with Crippen LogP contribution in [0.2, 0.25) is 10.3 Å². The zero-order valence-electron chi connectivity index (χ0n) is 10.4. The summed E-state index contributed by atoms with van der Waals surface area (Å²) in [5, 5.41) is 10.3. The lowest BCUT2D eigenvalue weighted by Crippen LogP contribution is -2.30. The zero-order chi connectivity index (χ0) is 14.1. The lowest BCUT2D eigenvalue weighted by molar-refractivity contribution is 0.0932. The molecule has 1 aliphatic carbocycles. The normalized spacial score (nSPS) is 17.6. The topological polar surface area (TPSA) is 68.0 Å². The Balaban J connectivity index is 1.82. The van der Waals surface area contributed by atoms with E-state index in [-0.39, 0.29) is 27.8 Å². The van der Waals surface area contributed by atoms with Crippen LogP contribution < -0.4 is 5.32 Å². The predicted molar refractivity (Wildman–Crippen MR) is 73.9 cm³/mol. The maximum Gasteiger partial charge on any atom is 0.255 e. The van der Waals surface area contributed by atoms with Gasteiger partial charge in [-0.15, -0.1) is 10.2 Å². The lowest BCUT2D eigenvalue weighted by atomic mass is 9.93. The van der Waals surface area contributed by atoms with Crippen LogP contribution in [0.5, 0.6) is 0 Å². The van der Waals surface area contributed by atoms with Crippen LogP contribution in [0.25, 0.3) is 0 Å². The van der Waals surface area contributed by atoms with E-state index in [2.05, 4.69) is 15.5 Å². The predicted octanol–water partition coefficient (Wildman–Crippen LogP) is 3.18. The summed E-state index contributed by atoms with van der Waals surface area (Å²) in [7, 11) is 0. The van der Waals surface area contributed by atoms with E-state index < -0.39 is 0 Å². The summed E-state index contributed by atoms with van der Waals surface area (Å²) in [4.78, 5) is 12.3. The Kier molecular flexibility index (Phi) is 3.63. The molecule has 1 unspecified atom stereocenters. The molecule has 7 heteroatoms. The molecular weight excluding hydrogens is 301 g/mol. The molecule has 3 rings (SSSR count). The van der Waals surface area contributed by atoms with Crippen LogP contribution in [-0.4, -0.2) is 16.1 Å². The van der Waals surface area contributed by atoms with Gasteiger partial charge in [-0.05, 0) is 25.0 Å². The number of halogens is 2. The summed E-state index contributed by atoms with van der Waals surface area (Å²) in [6, 6.07) is 3.22. The van der Waals surface area contributed by atoms with Gasteiger partial charge in [0, 0.05) is 12.0 Å². The van der Waals surface area contributed by atoms with Gasteiger partial charge in [-0.25, -0.2) is 0 Å². The van der Waals surface area contributed by atoms with Crippen LogP contribution in [0.1, 0.15) is 40.6 Å². The van der Waals surface area contributed by atoms with E-state index in [1.54, 1.807) is 6.26 Å². The molecule has 1 aliphatic rings. The molecule has 0 fully saturated rings. The molecule has 1 amide bonds. The third-order valence-corrected chi connectivity index (χ3v) is 3.78. The third-order valence-electron chi connectivity index (χ3n) is 3.32. The smallest absolute Gasteiger partial charge is 0.255 e. The maximum absolute atomic E-state index is 12.3. The highest BCUT2D eigenvalue weighted by molar-refractivity contribution is 6.34. The fourth-order valence-electron chi connectivity index (χ4n) is 2.38. The van der Waals surface area contributed by atoms with Gasteiger partial charge < -0.3 is 9.73 Å². The highest BCUT2D eigenvalue weighted by atomic mass is 35.5. The zero-order valence-corrected chi connectivity index (χ0v) is 11.9. The van der Waals surface area contributed by atoms with Crippen molar-refractivity contribution in [1.29, 1.82) is 0 Å². The van der Waals surface area contributed by atoms with E-state index in [0.717, 1.165) is 30.6 Å². The molecule has 2 aromatic rings. The van der Waals surface area contributed by atoms with E-state index in [0.29, 0.717) is 0 Å². The van der Waals surface area contributed by atoms with Crippen molar-refractivity contribution in [1.82, 2.24) is 15.5 Å². The highest BCUT2D eigenvalue weighted by Gasteiger charge is 2.25. The summed E-state index contributed by atoms with van der Waals surface area (Å²) in [5.41, 5.74) is 1.25. The largest absolute Gasteiger partial charge is 0.469 e. The van der Waals surface area contributed by atoms with Gasteiger partial charge in [-0.1, -0.05) is 23.2 Å². The van der Waals surface area contributed by atoms with Crippen molar-refractivity contribution in [2.24, 2.45) is 0 Å². The molecule has 0 bridgehead atoms. The summed E-state index contributed by atoms with van der Waals surface area (Å²) in [5.74, 6) is 0.615. The molecule has 20 heavy (non-hydrogen) atoms. The second-order valence-corrected chi connectivity index (χ2v) is 5.33. The fourth-order valence-corrected chi connectivity index (χ4v) is 2.71. The molecular formula is C13H11Cl2N3O2. The fraction of sp³-hybridized carbons (Fsp3) is 0.308. The number of amides is 1. The van der Waals surface area contributed by atoms with Gasteiger partial charge in [-0.2, -0.15) is 0 Å². The van der Waals surface area contributed by atoms with Crippen LogP contribution in [0.4, 0.5) is 0 Å². The van der Waals surface area contributed by atoms with Crippen LogP contribution >= 0.6 is 23.2 Å². The Morgan fingerprint density at radius 2 is 2.25 bits per heavy atom. The Hall–Kier alpha value is -1.59. The lowest BCUT2D eigenvalue weighted by Gasteiger charge is -2.22. The first-order valence-electron chi connectivity index (χ1n) is 6.21. The van der Waals surface area contributed by atoms with Gasteiger partial charge in [0.25, 0.3) is 5.91 Å². The van der Waals surface area contributed by atoms with Gasteiger partial charge in [0.2, 0.25) is 0 Å². The van der Waals surface area contributed by atoms with Crippen molar-refractivity contribution >= 4 is 29.1 Å². The number of nitrogens with one attached hydrogen (secondary N) is 1. The third kappa shape index (κ3) is 2.51. The van der Waals surface area contributed by atoms with E-state index in [1.807, 2.05) is 6.07 Å². The van der Waals surface area contributed by atoms with Crippen molar-refractivity contribution in [2.45, 2.75) is 25.3 Å². The van der Waals surface area contributed by atoms with Gasteiger partial charge in [0.1, 0.15) is 5.76 Å². The van der Waals surface area contributed by atoms with E-state index in [4.69, 9.17) is 27.6 Å². The summed E-state index contributed by atoms with van der Waals surface area (Å²) >= 11 is 11.6. The van der Waals surface area contributed by atoms with Gasteiger partial charge in [-0.3, -0.25) is 4.79 Å². The van der Waals surface area contributed by atoms with Crippen LogP contribution in [0.15, 0.2) is 22.8 Å². The monoisotopic (exact) mass is 311 g/mol. The maximum atomic E-state index is 12.3. The van der Waals surface area contributed by atoms with Crippen molar-refractivity contribution < 1.29 is 9.21 Å². The second kappa shape index (κ2) is 5.42. The molecule has 0 spiro atoms. The van der Waals surface area contributed by atoms with Crippen LogP contribution in [-0.2, 0) is 6.42 Å². The molecule has 0 saturated heterocycles. The van der Waals surface area contributed by atoms with Crippen LogP contribution in [0, 0.1) is 0 Å². The molecule has 0 radical (unpaired) electrons. The molecule has 104 valence electrons. The van der Waals surface area contributed by atoms with Gasteiger partial charge >= 0.3 is 0 Å². The molecule has 0 aliphatic heterocycles. The number of carbonyl (C=O) groups is 1. The molecule has 0 saturated carbocycles. The standard InChI is InChI=1S/C13H11Cl2N3O2/c14-11-6-8(12(15)18-17-11)13(19)16-9-2-1-3-10-7(9)4-5-20-10/h4-6,9H,1-3H2,(H,16,19). The Labute approximate surface area is 125 Å². The first kappa shape index (κ1) is 13.4. The minimum absolute atomic E-state index is 0.0372. The van der Waals surface area contributed by atoms with E-state index in [1.165, 1.54) is 6.07 Å². The van der Waals surface area contributed by atoms with Crippen molar-refractivity contribution in [3.05, 3.63) is 45.6 Å². The minimum Gasteiger partial charge on any atom is -0.469 e. The highest BCUT2D eigenvalue weighted by Crippen LogP contribution is 2.31. The summed E-state index contributed by atoms with van der Waals surface area (Å²) in [6.07, 6.45) is 4.38. The molecule has 2 aromatic heterocycles. The van der Waals surface area contributed by atoms with Gasteiger partial charge in [0.05, 0.1) is 17.9 Å². The first-order valence-corrected chi connectivity index (χ1v) is 6.96. The number of hydrogen-bond donors (Lipinski definition) is 1. The number of aryl methyl sites for hydroxylation is 1. The Morgan fingerprint density at radius 3 is 3.10 bits per heavy atom. The van der Waals surface area contributed by atoms with Crippen LogP contribution in [0.3, 0.4) is 0 Å². The second-order valence-electron chi connectivity index (χ2n) is 4.59. The summed E-state index contributed by atoms with van der Waals surface area (Å²) in [6.45, 7) is 0. The number of hydrogen-bond acceptors (Lipinski definition) is 4. The minimum atomic E-state index is -0.314. The molecule has 2 heterocycles. The molecule has 5 nitrogen and oxygen atoms in total. The molecule has 1 N–H and O–H groups in total. The van der Waals surface area contributed by atoms with Crippen molar-refractivity contribution in [3.8, 4) is 0 Å². The SMILES string of the molecule is O=C(NC1CCCc2occc21)c1cc(Cl)nnc1Cl. The number of rotatable bonds is 2.